The van der Waals surface area contributed by atoms with Crippen molar-refractivity contribution < 1.29 is 33.2 Å². The van der Waals surface area contributed by atoms with Crippen LogP contribution < -0.4 is 0 Å². The van der Waals surface area contributed by atoms with E-state index < -0.39 is 49.9 Å². The van der Waals surface area contributed by atoms with Crippen molar-refractivity contribution in [1.29, 1.82) is 0 Å². The van der Waals surface area contributed by atoms with Crippen molar-refractivity contribution in [3.63, 3.8) is 0 Å². The van der Waals surface area contributed by atoms with Gasteiger partial charge in [-0.3, -0.25) is 19.3 Å². The highest BCUT2D eigenvalue weighted by molar-refractivity contribution is 6.74. The maximum atomic E-state index is 13.3. The van der Waals surface area contributed by atoms with Gasteiger partial charge in [0.15, 0.2) is 19.8 Å². The minimum absolute atomic E-state index is 0.0517. The molecule has 1 aliphatic rings. The molecular weight excluding hydrogens is 480 g/mol. The Labute approximate surface area is 213 Å². The topological polar surface area (TPSA) is 112 Å². The number of carbonyl (C=O) groups is 4. The Kier molecular flexibility index (Phi) is 9.50. The summed E-state index contributed by atoms with van der Waals surface area (Å²) in [5.74, 6) is -4.13. The first-order chi connectivity index (χ1) is 16.8. The highest BCUT2D eigenvalue weighted by Gasteiger charge is 2.56. The number of β-lactam (4-membered cyclic amide) rings is 1. The maximum Gasteiger partial charge on any atom is 0.397 e. The third-order valence-electron chi connectivity index (χ3n) is 6.68. The number of imide groups is 1. The molecule has 9 nitrogen and oxygen atoms in total. The highest BCUT2D eigenvalue weighted by Crippen LogP contribution is 2.41. The van der Waals surface area contributed by atoms with Gasteiger partial charge >= 0.3 is 11.9 Å². The van der Waals surface area contributed by atoms with Crippen molar-refractivity contribution in [2.45, 2.75) is 64.4 Å². The van der Waals surface area contributed by atoms with Crippen LogP contribution in [0.25, 0.3) is 0 Å². The molecule has 10 heteroatoms. The first-order valence-electron chi connectivity index (χ1n) is 11.8. The van der Waals surface area contributed by atoms with Crippen molar-refractivity contribution in [2.75, 3.05) is 13.7 Å². The van der Waals surface area contributed by atoms with Gasteiger partial charge in [-0.2, -0.15) is 0 Å². The Balaban J connectivity index is 2.38. The predicted molar refractivity (Wildman–Crippen MR) is 138 cm³/mol. The summed E-state index contributed by atoms with van der Waals surface area (Å²) in [5, 5.41) is 3.77. The van der Waals surface area contributed by atoms with E-state index in [1.807, 2.05) is 0 Å². The molecule has 0 unspecified atom stereocenters. The third kappa shape index (κ3) is 6.36. The van der Waals surface area contributed by atoms with E-state index in [-0.39, 0.29) is 23.8 Å². The summed E-state index contributed by atoms with van der Waals surface area (Å²) < 4.78 is 11.3. The van der Waals surface area contributed by atoms with Gasteiger partial charge in [0, 0.05) is 12.0 Å². The van der Waals surface area contributed by atoms with Crippen LogP contribution in [-0.2, 0) is 33.2 Å². The van der Waals surface area contributed by atoms with Crippen LogP contribution in [0.1, 0.15) is 39.7 Å². The van der Waals surface area contributed by atoms with E-state index >= 15 is 0 Å². The standard InChI is InChI=1S/C26H36N2O7Si/c1-9-15-34-25(32)24(31)28-19(16-20(29)22(27-33-6)18-13-11-10-12-14-18)21(23(28)30)17(2)35-36(7,8)26(3,4)5/h9-14,17,19,21H,1,15-16H2,2-8H3/b27-22+/t17-,19-,21-/m1/s1. The number of rotatable bonds is 10. The molecule has 1 aromatic rings. The van der Waals surface area contributed by atoms with Gasteiger partial charge in [0.05, 0.1) is 18.1 Å². The second kappa shape index (κ2) is 11.7. The molecule has 2 rings (SSSR count). The lowest BCUT2D eigenvalue weighted by Gasteiger charge is -2.49. The fourth-order valence-corrected chi connectivity index (χ4v) is 5.23. The Morgan fingerprint density at radius 1 is 1.19 bits per heavy atom. The largest absolute Gasteiger partial charge is 0.454 e. The molecule has 0 N–H and O–H groups in total. The second-order valence-corrected chi connectivity index (χ2v) is 14.9. The van der Waals surface area contributed by atoms with Crippen LogP contribution in [0.3, 0.4) is 0 Å². The van der Waals surface area contributed by atoms with Gasteiger partial charge in [-0.05, 0) is 25.1 Å². The lowest BCUT2D eigenvalue weighted by atomic mass is 9.79. The van der Waals surface area contributed by atoms with Gasteiger partial charge in [-0.15, -0.1) is 0 Å². The third-order valence-corrected chi connectivity index (χ3v) is 11.2. The molecule has 0 bridgehead atoms. The molecule has 1 fully saturated rings. The fourth-order valence-electron chi connectivity index (χ4n) is 3.80. The lowest BCUT2D eigenvalue weighted by molar-refractivity contribution is -0.179. The molecule has 0 aliphatic carbocycles. The van der Waals surface area contributed by atoms with E-state index in [2.05, 4.69) is 45.6 Å². The number of oxime groups is 1. The van der Waals surface area contributed by atoms with Crippen LogP contribution in [0.5, 0.6) is 0 Å². The van der Waals surface area contributed by atoms with Crippen molar-refractivity contribution >= 4 is 37.6 Å². The van der Waals surface area contributed by atoms with Gasteiger partial charge in [-0.1, -0.05) is 68.9 Å². The van der Waals surface area contributed by atoms with Crippen molar-refractivity contribution in [3.8, 4) is 0 Å². The van der Waals surface area contributed by atoms with E-state index in [0.29, 0.717) is 5.56 Å². The van der Waals surface area contributed by atoms with Gasteiger partial charge in [-0.25, -0.2) is 4.79 Å². The first-order valence-corrected chi connectivity index (χ1v) is 14.7. The summed E-state index contributed by atoms with van der Waals surface area (Å²) in [6, 6.07) is 7.82. The molecule has 0 spiro atoms. The van der Waals surface area contributed by atoms with Crippen molar-refractivity contribution in [2.24, 2.45) is 11.1 Å². The number of ketones is 1. The zero-order valence-electron chi connectivity index (χ0n) is 22.1. The fraction of sp³-hybridized carbons (Fsp3) is 0.500. The maximum absolute atomic E-state index is 13.3. The van der Waals surface area contributed by atoms with Gasteiger partial charge in [0.1, 0.15) is 13.7 Å². The van der Waals surface area contributed by atoms with Crippen molar-refractivity contribution in [3.05, 3.63) is 48.6 Å². The van der Waals surface area contributed by atoms with Crippen LogP contribution in [0.2, 0.25) is 18.1 Å². The smallest absolute Gasteiger partial charge is 0.397 e. The number of carbonyl (C=O) groups excluding carboxylic acids is 4. The number of ether oxygens (including phenoxy) is 1. The molecule has 0 saturated carbocycles. The summed E-state index contributed by atoms with van der Waals surface area (Å²) >= 11 is 0. The number of nitrogens with zero attached hydrogens (tertiary/aromatic N) is 2. The Morgan fingerprint density at radius 3 is 2.33 bits per heavy atom. The molecule has 3 atom stereocenters. The monoisotopic (exact) mass is 516 g/mol. The Bertz CT molecular complexity index is 1030. The minimum atomic E-state index is -2.28. The number of hydrogen-bond donors (Lipinski definition) is 0. The summed E-state index contributed by atoms with van der Waals surface area (Å²) in [4.78, 5) is 57.2. The molecular formula is C26H36N2O7Si. The van der Waals surface area contributed by atoms with E-state index in [4.69, 9.17) is 14.0 Å². The van der Waals surface area contributed by atoms with Crippen LogP contribution >= 0.6 is 0 Å². The molecule has 1 saturated heterocycles. The van der Waals surface area contributed by atoms with Gasteiger partial charge in [0.2, 0.25) is 5.91 Å². The van der Waals surface area contributed by atoms with E-state index in [1.165, 1.54) is 13.2 Å². The summed E-state index contributed by atoms with van der Waals surface area (Å²) in [5.41, 5.74) is 0.580. The predicted octanol–water partition coefficient (Wildman–Crippen LogP) is 3.49. The normalized spacial score (nSPS) is 19.2. The van der Waals surface area contributed by atoms with Crippen LogP contribution in [0.15, 0.2) is 48.1 Å². The molecule has 0 radical (unpaired) electrons. The number of benzene rings is 1. The summed E-state index contributed by atoms with van der Waals surface area (Å²) in [7, 11) is -0.949. The zero-order chi connectivity index (χ0) is 27.3. The number of Topliss-reactive ketones (excluding diaryl/α,β-unsaturated/α-hetero) is 1. The lowest BCUT2D eigenvalue weighted by Crippen LogP contribution is -2.69. The van der Waals surface area contributed by atoms with E-state index in [9.17, 15) is 19.2 Å². The molecule has 1 heterocycles. The average Bonchev–Trinajstić information content (AvgIpc) is 2.79. The van der Waals surface area contributed by atoms with Crippen LogP contribution in [0, 0.1) is 5.92 Å². The molecule has 2 amide bonds. The molecule has 0 aromatic heterocycles. The summed E-state index contributed by atoms with van der Waals surface area (Å²) in [6.07, 6.45) is 0.484. The highest BCUT2D eigenvalue weighted by atomic mass is 28.4. The molecule has 36 heavy (non-hydrogen) atoms. The van der Waals surface area contributed by atoms with E-state index in [0.717, 1.165) is 4.90 Å². The van der Waals surface area contributed by atoms with Crippen molar-refractivity contribution in [1.82, 2.24) is 4.90 Å². The first kappa shape index (κ1) is 29.1. The SMILES string of the molecule is C=CCOC(=O)C(=O)N1C(=O)[C@H]([C@@H](C)O[Si](C)(C)C(C)(C)C)[C@H]1CC(=O)/C(=N/OC)c1ccccc1. The molecule has 1 aromatic carbocycles. The minimum Gasteiger partial charge on any atom is -0.454 e. The number of hydrogen-bond acceptors (Lipinski definition) is 8. The molecule has 196 valence electrons. The summed E-state index contributed by atoms with van der Waals surface area (Å²) in [6.45, 7) is 15.4. The van der Waals surface area contributed by atoms with Crippen LogP contribution in [0.4, 0.5) is 0 Å². The van der Waals surface area contributed by atoms with E-state index in [1.54, 1.807) is 37.3 Å². The average molecular weight is 517 g/mol. The molecule has 1 aliphatic heterocycles. The van der Waals surface area contributed by atoms with Gasteiger partial charge < -0.3 is 14.0 Å². The number of amides is 2. The second-order valence-electron chi connectivity index (χ2n) is 10.2. The zero-order valence-corrected chi connectivity index (χ0v) is 23.1. The van der Waals surface area contributed by atoms with Crippen LogP contribution in [-0.4, -0.2) is 68.4 Å². The van der Waals surface area contributed by atoms with Gasteiger partial charge in [0.25, 0.3) is 0 Å². The number of likely N-dealkylation sites (tertiary alicyclic amines) is 1. The number of esters is 1. The Hall–Kier alpha value is -3.11. The Morgan fingerprint density at radius 2 is 1.81 bits per heavy atom. The quantitative estimate of drug-likeness (QED) is 0.0890.